The normalized spacial score (nSPS) is 10.4. The van der Waals surface area contributed by atoms with Crippen LogP contribution in [-0.4, -0.2) is 33.0 Å². The molecule has 18 heavy (non-hydrogen) atoms. The fourth-order valence-electron chi connectivity index (χ4n) is 1.68. The summed E-state index contributed by atoms with van der Waals surface area (Å²) in [6.45, 7) is 2.33. The summed E-state index contributed by atoms with van der Waals surface area (Å²) in [6, 6.07) is 5.61. The van der Waals surface area contributed by atoms with Crippen LogP contribution in [0.2, 0.25) is 0 Å². The highest BCUT2D eigenvalue weighted by Gasteiger charge is 2.15. The summed E-state index contributed by atoms with van der Waals surface area (Å²) in [4.78, 5) is 17.9. The summed E-state index contributed by atoms with van der Waals surface area (Å²) >= 11 is 3.38. The number of aryl methyl sites for hydroxylation is 1. The second kappa shape index (κ2) is 5.30. The standard InChI is InChI=1S/C12H13BrN4O/c1-8-5-9(13)3-4-10(8)12(18)17(2)6-11-14-7-15-16-11/h3-5,7H,6H2,1-2H3,(H,14,15,16). The number of aromatic nitrogens is 3. The van der Waals surface area contributed by atoms with E-state index in [1.807, 2.05) is 25.1 Å². The quantitative estimate of drug-likeness (QED) is 0.945. The molecule has 1 N–H and O–H groups in total. The number of halogens is 1. The molecule has 2 aromatic rings. The van der Waals surface area contributed by atoms with Gasteiger partial charge >= 0.3 is 0 Å². The van der Waals surface area contributed by atoms with E-state index in [-0.39, 0.29) is 5.91 Å². The van der Waals surface area contributed by atoms with E-state index in [4.69, 9.17) is 0 Å². The summed E-state index contributed by atoms with van der Waals surface area (Å²) in [5.41, 5.74) is 1.64. The molecule has 0 saturated heterocycles. The monoisotopic (exact) mass is 308 g/mol. The summed E-state index contributed by atoms with van der Waals surface area (Å²) in [5, 5.41) is 6.49. The highest BCUT2D eigenvalue weighted by atomic mass is 79.9. The average molecular weight is 309 g/mol. The number of nitrogens with zero attached hydrogens (tertiary/aromatic N) is 3. The molecule has 2 rings (SSSR count). The fourth-order valence-corrected chi connectivity index (χ4v) is 2.15. The van der Waals surface area contributed by atoms with Gasteiger partial charge in [-0.1, -0.05) is 15.9 Å². The molecule has 94 valence electrons. The van der Waals surface area contributed by atoms with Crippen molar-refractivity contribution in [1.82, 2.24) is 20.1 Å². The number of hydrogen-bond acceptors (Lipinski definition) is 3. The summed E-state index contributed by atoms with van der Waals surface area (Å²) in [5.74, 6) is 0.636. The minimum atomic E-state index is -0.0311. The van der Waals surface area contributed by atoms with Crippen LogP contribution in [0.25, 0.3) is 0 Å². The molecule has 0 atom stereocenters. The number of aromatic amines is 1. The van der Waals surface area contributed by atoms with Crippen molar-refractivity contribution in [3.63, 3.8) is 0 Å². The van der Waals surface area contributed by atoms with E-state index in [1.54, 1.807) is 11.9 Å². The number of benzene rings is 1. The number of H-pyrrole nitrogens is 1. The molecule has 0 aliphatic carbocycles. The second-order valence-electron chi connectivity index (χ2n) is 4.05. The van der Waals surface area contributed by atoms with Gasteiger partial charge in [-0.2, -0.15) is 5.10 Å². The van der Waals surface area contributed by atoms with E-state index in [0.29, 0.717) is 17.9 Å². The Morgan fingerprint density at radius 2 is 2.28 bits per heavy atom. The molecule has 0 unspecified atom stereocenters. The first-order chi connectivity index (χ1) is 8.58. The number of hydrogen-bond donors (Lipinski definition) is 1. The highest BCUT2D eigenvalue weighted by molar-refractivity contribution is 9.10. The third-order valence-corrected chi connectivity index (χ3v) is 3.11. The molecule has 0 bridgehead atoms. The van der Waals surface area contributed by atoms with Gasteiger partial charge in [0.15, 0.2) is 0 Å². The molecular formula is C12H13BrN4O. The van der Waals surface area contributed by atoms with Crippen LogP contribution < -0.4 is 0 Å². The molecule has 1 aromatic heterocycles. The van der Waals surface area contributed by atoms with Gasteiger partial charge in [0.1, 0.15) is 12.2 Å². The van der Waals surface area contributed by atoms with E-state index < -0.39 is 0 Å². The van der Waals surface area contributed by atoms with Crippen LogP contribution in [0.5, 0.6) is 0 Å². The molecule has 0 aliphatic heterocycles. The van der Waals surface area contributed by atoms with Crippen molar-refractivity contribution in [3.8, 4) is 0 Å². The van der Waals surface area contributed by atoms with Crippen molar-refractivity contribution in [2.24, 2.45) is 0 Å². The molecular weight excluding hydrogens is 296 g/mol. The van der Waals surface area contributed by atoms with Gasteiger partial charge in [-0.3, -0.25) is 9.89 Å². The Kier molecular flexibility index (Phi) is 3.76. The summed E-state index contributed by atoms with van der Waals surface area (Å²) < 4.78 is 0.967. The maximum Gasteiger partial charge on any atom is 0.254 e. The van der Waals surface area contributed by atoms with Crippen LogP contribution >= 0.6 is 15.9 Å². The maximum atomic E-state index is 12.3. The van der Waals surface area contributed by atoms with Gasteiger partial charge in [0, 0.05) is 17.1 Å². The topological polar surface area (TPSA) is 61.9 Å². The molecule has 0 aliphatic rings. The van der Waals surface area contributed by atoms with E-state index >= 15 is 0 Å². The Morgan fingerprint density at radius 1 is 1.50 bits per heavy atom. The van der Waals surface area contributed by atoms with Crippen LogP contribution in [0.1, 0.15) is 21.7 Å². The third kappa shape index (κ3) is 2.76. The van der Waals surface area contributed by atoms with Crippen molar-refractivity contribution >= 4 is 21.8 Å². The average Bonchev–Trinajstić information content (AvgIpc) is 2.81. The van der Waals surface area contributed by atoms with Gasteiger partial charge in [0.25, 0.3) is 5.91 Å². The van der Waals surface area contributed by atoms with Crippen molar-refractivity contribution in [2.75, 3.05) is 7.05 Å². The lowest BCUT2D eigenvalue weighted by molar-refractivity contribution is 0.0781. The van der Waals surface area contributed by atoms with Crippen LogP contribution in [0.3, 0.4) is 0 Å². The number of carbonyl (C=O) groups excluding carboxylic acids is 1. The molecule has 5 nitrogen and oxygen atoms in total. The van der Waals surface area contributed by atoms with Gasteiger partial charge < -0.3 is 4.90 Å². The van der Waals surface area contributed by atoms with Gasteiger partial charge in [-0.15, -0.1) is 0 Å². The van der Waals surface area contributed by atoms with Crippen LogP contribution in [0, 0.1) is 6.92 Å². The van der Waals surface area contributed by atoms with E-state index in [0.717, 1.165) is 10.0 Å². The number of amides is 1. The number of carbonyl (C=O) groups is 1. The smallest absolute Gasteiger partial charge is 0.254 e. The van der Waals surface area contributed by atoms with Gasteiger partial charge in [-0.05, 0) is 30.7 Å². The Bertz CT molecular complexity index is 553. The van der Waals surface area contributed by atoms with E-state index in [2.05, 4.69) is 31.1 Å². The zero-order valence-electron chi connectivity index (χ0n) is 10.1. The number of rotatable bonds is 3. The Morgan fingerprint density at radius 3 is 2.89 bits per heavy atom. The third-order valence-electron chi connectivity index (χ3n) is 2.62. The van der Waals surface area contributed by atoms with Crippen molar-refractivity contribution in [1.29, 1.82) is 0 Å². The first-order valence-corrected chi connectivity index (χ1v) is 6.23. The van der Waals surface area contributed by atoms with E-state index in [1.165, 1.54) is 6.33 Å². The molecule has 1 amide bonds. The molecule has 0 fully saturated rings. The molecule has 6 heteroatoms. The summed E-state index contributed by atoms with van der Waals surface area (Å²) in [6.07, 6.45) is 1.43. The lowest BCUT2D eigenvalue weighted by Gasteiger charge is -2.17. The molecule has 1 heterocycles. The van der Waals surface area contributed by atoms with Gasteiger partial charge in [0.05, 0.1) is 6.54 Å². The predicted molar refractivity (Wildman–Crippen MR) is 71.1 cm³/mol. The first kappa shape index (κ1) is 12.8. The first-order valence-electron chi connectivity index (χ1n) is 5.44. The van der Waals surface area contributed by atoms with E-state index in [9.17, 15) is 4.79 Å². The van der Waals surface area contributed by atoms with Crippen molar-refractivity contribution in [3.05, 3.63) is 46.0 Å². The van der Waals surface area contributed by atoms with Crippen molar-refractivity contribution < 1.29 is 4.79 Å². The Hall–Kier alpha value is -1.69. The summed E-state index contributed by atoms with van der Waals surface area (Å²) in [7, 11) is 1.74. The van der Waals surface area contributed by atoms with Crippen LogP contribution in [0.4, 0.5) is 0 Å². The number of nitrogens with one attached hydrogen (secondary N) is 1. The van der Waals surface area contributed by atoms with Crippen LogP contribution in [0.15, 0.2) is 29.0 Å². The highest BCUT2D eigenvalue weighted by Crippen LogP contribution is 2.17. The minimum absolute atomic E-state index is 0.0311. The lowest BCUT2D eigenvalue weighted by Crippen LogP contribution is -2.27. The SMILES string of the molecule is Cc1cc(Br)ccc1C(=O)N(C)Cc1ncn[nH]1. The molecule has 0 spiro atoms. The van der Waals surface area contributed by atoms with Crippen LogP contribution in [-0.2, 0) is 6.54 Å². The zero-order valence-corrected chi connectivity index (χ0v) is 11.7. The predicted octanol–water partition coefficient (Wildman–Crippen LogP) is 2.15. The van der Waals surface area contributed by atoms with Gasteiger partial charge in [0.2, 0.25) is 0 Å². The minimum Gasteiger partial charge on any atom is -0.334 e. The largest absolute Gasteiger partial charge is 0.334 e. The second-order valence-corrected chi connectivity index (χ2v) is 4.97. The Balaban J connectivity index is 2.15. The maximum absolute atomic E-state index is 12.3. The molecule has 1 aromatic carbocycles. The Labute approximate surface area is 113 Å². The molecule has 0 radical (unpaired) electrons. The lowest BCUT2D eigenvalue weighted by atomic mass is 10.1. The van der Waals surface area contributed by atoms with Crippen molar-refractivity contribution in [2.45, 2.75) is 13.5 Å². The fraction of sp³-hybridized carbons (Fsp3) is 0.250. The molecule has 0 saturated carbocycles. The van der Waals surface area contributed by atoms with Gasteiger partial charge in [-0.25, -0.2) is 4.98 Å². The zero-order chi connectivity index (χ0) is 13.1.